The first kappa shape index (κ1) is 11.5. The van der Waals surface area contributed by atoms with E-state index in [0.717, 1.165) is 11.3 Å². The molecule has 1 atom stereocenters. The van der Waals surface area contributed by atoms with Gasteiger partial charge in [-0.15, -0.1) is 0 Å². The highest BCUT2D eigenvalue weighted by Crippen LogP contribution is 2.12. The highest BCUT2D eigenvalue weighted by Gasteiger charge is 1.99. The maximum atomic E-state index is 8.55. The Hall–Kier alpha value is -1.53. The molecule has 1 aromatic carbocycles. The maximum Gasteiger partial charge on any atom is 0.118 e. The first-order chi connectivity index (χ1) is 7.26. The van der Waals surface area contributed by atoms with Crippen LogP contribution in [0.4, 0.5) is 0 Å². The molecule has 1 aromatic rings. The van der Waals surface area contributed by atoms with Crippen molar-refractivity contribution in [2.45, 2.75) is 13.5 Å². The molecule has 15 heavy (non-hydrogen) atoms. The van der Waals surface area contributed by atoms with E-state index in [9.17, 15) is 0 Å². The van der Waals surface area contributed by atoms with Gasteiger partial charge in [-0.05, 0) is 24.6 Å². The summed E-state index contributed by atoms with van der Waals surface area (Å²) >= 11 is 0. The molecule has 3 nitrogen and oxygen atoms in total. The smallest absolute Gasteiger partial charge is 0.118 e. The Kier molecular flexibility index (Phi) is 4.65. The van der Waals surface area contributed by atoms with E-state index >= 15 is 0 Å². The molecule has 80 valence electrons. The number of rotatable bonds is 5. The first-order valence-electron chi connectivity index (χ1n) is 4.86. The van der Waals surface area contributed by atoms with E-state index in [-0.39, 0.29) is 5.92 Å². The van der Waals surface area contributed by atoms with Crippen molar-refractivity contribution in [3.05, 3.63) is 29.8 Å². The van der Waals surface area contributed by atoms with Crippen LogP contribution in [-0.4, -0.2) is 13.7 Å². The average Bonchev–Trinajstić information content (AvgIpc) is 2.29. The van der Waals surface area contributed by atoms with E-state index in [0.29, 0.717) is 13.2 Å². The third-order valence-corrected chi connectivity index (χ3v) is 2.02. The molecule has 3 heteroatoms. The van der Waals surface area contributed by atoms with Crippen molar-refractivity contribution < 1.29 is 9.47 Å². The Labute approximate surface area is 90.2 Å². The Bertz CT molecular complexity index is 326. The summed E-state index contributed by atoms with van der Waals surface area (Å²) in [5.41, 5.74) is 1.08. The fourth-order valence-electron chi connectivity index (χ4n) is 1.11. The lowest BCUT2D eigenvalue weighted by atomic mass is 10.2. The predicted molar refractivity (Wildman–Crippen MR) is 57.4 cm³/mol. The minimum Gasteiger partial charge on any atom is -0.497 e. The largest absolute Gasteiger partial charge is 0.497 e. The quantitative estimate of drug-likeness (QED) is 0.741. The van der Waals surface area contributed by atoms with Gasteiger partial charge in [0, 0.05) is 0 Å². The molecule has 0 aromatic heterocycles. The minimum absolute atomic E-state index is 0.0525. The highest BCUT2D eigenvalue weighted by molar-refractivity contribution is 5.26. The average molecular weight is 205 g/mol. The molecule has 0 radical (unpaired) electrons. The van der Waals surface area contributed by atoms with Crippen molar-refractivity contribution in [2.24, 2.45) is 5.92 Å². The molecule has 0 bridgehead atoms. The summed E-state index contributed by atoms with van der Waals surface area (Å²) in [6.45, 7) is 2.85. The molecule has 0 aliphatic carbocycles. The van der Waals surface area contributed by atoms with Crippen molar-refractivity contribution in [3.63, 3.8) is 0 Å². The lowest BCUT2D eigenvalue weighted by Crippen LogP contribution is -2.03. The number of nitriles is 1. The van der Waals surface area contributed by atoms with Gasteiger partial charge in [-0.25, -0.2) is 0 Å². The number of methoxy groups -OCH3 is 1. The van der Waals surface area contributed by atoms with E-state index in [4.69, 9.17) is 14.7 Å². The summed E-state index contributed by atoms with van der Waals surface area (Å²) in [6.07, 6.45) is 0. The molecule has 0 aliphatic heterocycles. The van der Waals surface area contributed by atoms with Crippen LogP contribution in [0.25, 0.3) is 0 Å². The van der Waals surface area contributed by atoms with Gasteiger partial charge in [0.15, 0.2) is 0 Å². The zero-order chi connectivity index (χ0) is 11.1. The van der Waals surface area contributed by atoms with Crippen LogP contribution in [0.3, 0.4) is 0 Å². The van der Waals surface area contributed by atoms with Crippen LogP contribution in [-0.2, 0) is 11.3 Å². The van der Waals surface area contributed by atoms with Crippen LogP contribution < -0.4 is 4.74 Å². The zero-order valence-corrected chi connectivity index (χ0v) is 9.06. The second-order valence-corrected chi connectivity index (χ2v) is 3.39. The van der Waals surface area contributed by atoms with Crippen molar-refractivity contribution >= 4 is 0 Å². The number of nitrogens with zero attached hydrogens (tertiary/aromatic N) is 1. The van der Waals surface area contributed by atoms with Gasteiger partial charge in [0.05, 0.1) is 32.3 Å². The molecular weight excluding hydrogens is 190 g/mol. The Morgan fingerprint density at radius 1 is 1.33 bits per heavy atom. The monoisotopic (exact) mass is 205 g/mol. The third-order valence-electron chi connectivity index (χ3n) is 2.02. The molecule has 0 saturated carbocycles. The van der Waals surface area contributed by atoms with E-state index < -0.39 is 0 Å². The van der Waals surface area contributed by atoms with Gasteiger partial charge in [-0.3, -0.25) is 0 Å². The van der Waals surface area contributed by atoms with Crippen molar-refractivity contribution in [1.29, 1.82) is 5.26 Å². The number of benzene rings is 1. The fraction of sp³-hybridized carbons (Fsp3) is 0.417. The van der Waals surface area contributed by atoms with Crippen LogP contribution in [0.5, 0.6) is 5.75 Å². The molecular formula is C12H15NO2. The summed E-state index contributed by atoms with van der Waals surface area (Å²) in [5, 5.41) is 8.55. The predicted octanol–water partition coefficient (Wildman–Crippen LogP) is 2.37. The lowest BCUT2D eigenvalue weighted by molar-refractivity contribution is 0.105. The van der Waals surface area contributed by atoms with Crippen molar-refractivity contribution in [1.82, 2.24) is 0 Å². The lowest BCUT2D eigenvalue weighted by Gasteiger charge is -2.06. The van der Waals surface area contributed by atoms with Gasteiger partial charge in [0.2, 0.25) is 0 Å². The van der Waals surface area contributed by atoms with Gasteiger partial charge in [0.25, 0.3) is 0 Å². The molecule has 1 rings (SSSR count). The number of hydrogen-bond acceptors (Lipinski definition) is 3. The van der Waals surface area contributed by atoms with E-state index in [1.165, 1.54) is 0 Å². The van der Waals surface area contributed by atoms with Gasteiger partial charge >= 0.3 is 0 Å². The normalized spacial score (nSPS) is 11.8. The van der Waals surface area contributed by atoms with Crippen LogP contribution in [0.1, 0.15) is 12.5 Å². The topological polar surface area (TPSA) is 42.2 Å². The van der Waals surface area contributed by atoms with Crippen molar-refractivity contribution in [2.75, 3.05) is 13.7 Å². The summed E-state index contributed by atoms with van der Waals surface area (Å²) in [4.78, 5) is 0. The van der Waals surface area contributed by atoms with Crippen LogP contribution >= 0.6 is 0 Å². The standard InChI is InChI=1S/C12H15NO2/c1-10(7-13)8-15-9-11-3-5-12(14-2)6-4-11/h3-6,10H,8-9H2,1-2H3. The summed E-state index contributed by atoms with van der Waals surface area (Å²) in [5.74, 6) is 0.785. The zero-order valence-electron chi connectivity index (χ0n) is 9.06. The van der Waals surface area contributed by atoms with E-state index in [1.54, 1.807) is 7.11 Å². The SMILES string of the molecule is COc1ccc(COCC(C)C#N)cc1. The van der Waals surface area contributed by atoms with Crippen molar-refractivity contribution in [3.8, 4) is 11.8 Å². The van der Waals surface area contributed by atoms with Gasteiger partial charge in [-0.2, -0.15) is 5.26 Å². The fourth-order valence-corrected chi connectivity index (χ4v) is 1.11. The molecule has 0 spiro atoms. The summed E-state index contributed by atoms with van der Waals surface area (Å²) in [7, 11) is 1.64. The van der Waals surface area contributed by atoms with E-state index in [2.05, 4.69) is 6.07 Å². The first-order valence-corrected chi connectivity index (χ1v) is 4.86. The maximum absolute atomic E-state index is 8.55. The Morgan fingerprint density at radius 3 is 2.53 bits per heavy atom. The number of hydrogen-bond donors (Lipinski definition) is 0. The molecule has 0 fully saturated rings. The molecule has 1 unspecified atom stereocenters. The summed E-state index contributed by atoms with van der Waals surface area (Å²) < 4.78 is 10.4. The second kappa shape index (κ2) is 6.05. The van der Waals surface area contributed by atoms with Crippen LogP contribution in [0.15, 0.2) is 24.3 Å². The van der Waals surface area contributed by atoms with Gasteiger partial charge < -0.3 is 9.47 Å². The Morgan fingerprint density at radius 2 is 2.00 bits per heavy atom. The summed E-state index contributed by atoms with van der Waals surface area (Å²) in [6, 6.07) is 9.82. The third kappa shape index (κ3) is 4.01. The Balaban J connectivity index is 2.35. The molecule has 0 saturated heterocycles. The molecule has 0 N–H and O–H groups in total. The minimum atomic E-state index is -0.0525. The van der Waals surface area contributed by atoms with Gasteiger partial charge in [-0.1, -0.05) is 12.1 Å². The number of ether oxygens (including phenoxy) is 2. The van der Waals surface area contributed by atoms with Gasteiger partial charge in [0.1, 0.15) is 5.75 Å². The second-order valence-electron chi connectivity index (χ2n) is 3.39. The molecule has 0 amide bonds. The van der Waals surface area contributed by atoms with Crippen LogP contribution in [0.2, 0.25) is 0 Å². The van der Waals surface area contributed by atoms with E-state index in [1.807, 2.05) is 31.2 Å². The molecule has 0 aliphatic rings. The molecule has 0 heterocycles. The highest BCUT2D eigenvalue weighted by atomic mass is 16.5. The van der Waals surface area contributed by atoms with Crippen LogP contribution in [0, 0.1) is 17.2 Å².